The molecule has 29 heavy (non-hydrogen) atoms. The quantitative estimate of drug-likeness (QED) is 0.804. The maximum atomic E-state index is 13.6. The topological polar surface area (TPSA) is 53.9 Å². The summed E-state index contributed by atoms with van der Waals surface area (Å²) >= 11 is 0. The van der Waals surface area contributed by atoms with Gasteiger partial charge in [0.15, 0.2) is 6.10 Å². The van der Waals surface area contributed by atoms with Crippen LogP contribution in [0.2, 0.25) is 0 Å². The Morgan fingerprint density at radius 3 is 2.52 bits per heavy atom. The molecule has 3 rings (SSSR count). The van der Waals surface area contributed by atoms with Crippen LogP contribution < -0.4 is 5.32 Å². The fraction of sp³-hybridized carbons (Fsp3) is 0.364. The number of benzene rings is 2. The molecule has 1 atom stereocenters. The summed E-state index contributed by atoms with van der Waals surface area (Å²) in [6.45, 7) is 6.17. The van der Waals surface area contributed by atoms with E-state index in [2.05, 4.69) is 10.5 Å². The molecule has 2 aromatic rings. The maximum absolute atomic E-state index is 13.6. The van der Waals surface area contributed by atoms with E-state index in [4.69, 9.17) is 4.84 Å². The zero-order valence-corrected chi connectivity index (χ0v) is 16.8. The summed E-state index contributed by atoms with van der Waals surface area (Å²) in [5.74, 6) is -0.696. The van der Waals surface area contributed by atoms with Crippen LogP contribution in [0.1, 0.15) is 38.3 Å². The first-order valence-electron chi connectivity index (χ1n) is 9.50. The third-order valence-corrected chi connectivity index (χ3v) is 4.35. The van der Waals surface area contributed by atoms with Crippen molar-refractivity contribution in [3.05, 3.63) is 71.3 Å². The second-order valence-electron chi connectivity index (χ2n) is 8.17. The number of carbonyl (C=O) groups excluding carboxylic acids is 1. The van der Waals surface area contributed by atoms with Gasteiger partial charge in [-0.05, 0) is 50.6 Å². The van der Waals surface area contributed by atoms with Gasteiger partial charge in [0, 0.05) is 24.1 Å². The lowest BCUT2D eigenvalue weighted by molar-refractivity contribution is 0.0580. The van der Waals surface area contributed by atoms with Gasteiger partial charge >= 0.3 is 6.03 Å². The third kappa shape index (κ3) is 6.01. The van der Waals surface area contributed by atoms with E-state index in [1.165, 1.54) is 24.3 Å². The van der Waals surface area contributed by atoms with Crippen LogP contribution in [0.3, 0.4) is 0 Å². The second-order valence-corrected chi connectivity index (χ2v) is 8.17. The molecule has 1 unspecified atom stereocenters. The van der Waals surface area contributed by atoms with E-state index in [1.807, 2.05) is 20.8 Å². The van der Waals surface area contributed by atoms with Gasteiger partial charge in [-0.25, -0.2) is 13.6 Å². The monoisotopic (exact) mass is 401 g/mol. The molecule has 0 bridgehead atoms. The molecule has 154 valence electrons. The molecule has 2 amide bonds. The zero-order chi connectivity index (χ0) is 21.0. The van der Waals surface area contributed by atoms with Gasteiger partial charge in [-0.2, -0.15) is 0 Å². The van der Waals surface area contributed by atoms with E-state index in [1.54, 1.807) is 29.2 Å². The van der Waals surface area contributed by atoms with Gasteiger partial charge in [0.05, 0.1) is 12.3 Å². The Morgan fingerprint density at radius 2 is 1.86 bits per heavy atom. The molecule has 1 aliphatic heterocycles. The molecule has 0 saturated heterocycles. The number of nitrogens with zero attached hydrogens (tertiary/aromatic N) is 2. The fourth-order valence-electron chi connectivity index (χ4n) is 3.09. The molecule has 2 aromatic carbocycles. The van der Waals surface area contributed by atoms with Crippen molar-refractivity contribution in [2.24, 2.45) is 5.16 Å². The van der Waals surface area contributed by atoms with Crippen molar-refractivity contribution in [2.45, 2.75) is 45.4 Å². The Kier molecular flexibility index (Phi) is 6.15. The molecule has 0 aromatic heterocycles. The summed E-state index contributed by atoms with van der Waals surface area (Å²) in [5.41, 5.74) is 1.55. The number of urea groups is 1. The van der Waals surface area contributed by atoms with Crippen molar-refractivity contribution in [1.82, 2.24) is 10.2 Å². The van der Waals surface area contributed by atoms with E-state index in [-0.39, 0.29) is 36.9 Å². The fourth-order valence-corrected chi connectivity index (χ4v) is 3.09. The van der Waals surface area contributed by atoms with Crippen LogP contribution >= 0.6 is 0 Å². The van der Waals surface area contributed by atoms with Crippen LogP contribution in [0.15, 0.2) is 53.7 Å². The first-order valence-corrected chi connectivity index (χ1v) is 9.50. The molecule has 0 fully saturated rings. The van der Waals surface area contributed by atoms with E-state index in [9.17, 15) is 13.6 Å². The molecular weight excluding hydrogens is 376 g/mol. The highest BCUT2D eigenvalue weighted by molar-refractivity contribution is 6.01. The Morgan fingerprint density at radius 1 is 1.17 bits per heavy atom. The van der Waals surface area contributed by atoms with Gasteiger partial charge < -0.3 is 15.1 Å². The van der Waals surface area contributed by atoms with Gasteiger partial charge in [0.1, 0.15) is 11.6 Å². The minimum atomic E-state index is -0.420. The van der Waals surface area contributed by atoms with Crippen molar-refractivity contribution in [2.75, 3.05) is 6.54 Å². The van der Waals surface area contributed by atoms with Gasteiger partial charge in [-0.3, -0.25) is 0 Å². The van der Waals surface area contributed by atoms with E-state index >= 15 is 0 Å². The smallest absolute Gasteiger partial charge is 0.318 e. The lowest BCUT2D eigenvalue weighted by Crippen LogP contribution is -2.50. The number of carbonyl (C=O) groups is 1. The highest BCUT2D eigenvalue weighted by Crippen LogP contribution is 2.20. The number of hydrogen-bond donors (Lipinski definition) is 1. The number of hydrogen-bond acceptors (Lipinski definition) is 3. The van der Waals surface area contributed by atoms with Gasteiger partial charge in [-0.15, -0.1) is 0 Å². The molecule has 1 heterocycles. The van der Waals surface area contributed by atoms with Crippen molar-refractivity contribution in [3.63, 3.8) is 0 Å². The molecule has 7 heteroatoms. The van der Waals surface area contributed by atoms with Gasteiger partial charge in [0.25, 0.3) is 0 Å². The molecule has 1 N–H and O–H groups in total. The lowest BCUT2D eigenvalue weighted by Gasteiger charge is -2.29. The normalized spacial score (nSPS) is 16.2. The minimum absolute atomic E-state index is 0.231. The first kappa shape index (κ1) is 20.8. The van der Waals surface area contributed by atoms with Crippen LogP contribution in [0.25, 0.3) is 0 Å². The summed E-state index contributed by atoms with van der Waals surface area (Å²) < 4.78 is 27.1. The van der Waals surface area contributed by atoms with E-state index in [0.717, 1.165) is 0 Å². The Labute approximate surface area is 169 Å². The van der Waals surface area contributed by atoms with Crippen LogP contribution in [0, 0.1) is 11.6 Å². The highest BCUT2D eigenvalue weighted by Gasteiger charge is 2.28. The number of rotatable bonds is 5. The predicted octanol–water partition coefficient (Wildman–Crippen LogP) is 4.47. The van der Waals surface area contributed by atoms with Crippen molar-refractivity contribution >= 4 is 11.7 Å². The Hall–Kier alpha value is -2.96. The number of oxime groups is 1. The third-order valence-electron chi connectivity index (χ3n) is 4.35. The van der Waals surface area contributed by atoms with Crippen LogP contribution in [-0.4, -0.2) is 34.8 Å². The van der Waals surface area contributed by atoms with Crippen LogP contribution in [-0.2, 0) is 11.4 Å². The van der Waals surface area contributed by atoms with Crippen molar-refractivity contribution < 1.29 is 18.4 Å². The summed E-state index contributed by atoms with van der Waals surface area (Å²) in [7, 11) is 0. The highest BCUT2D eigenvalue weighted by atomic mass is 19.1. The summed E-state index contributed by atoms with van der Waals surface area (Å²) in [4.78, 5) is 19.9. The standard InChI is InChI=1S/C22H25F2N3O2/c1-22(2,3)25-21(28)27(13-15-6-4-8-17(23)10-15)14-19-12-20(26-29-19)16-7-5-9-18(24)11-16/h4-11,19H,12-14H2,1-3H3,(H,25,28). The van der Waals surface area contributed by atoms with E-state index in [0.29, 0.717) is 23.3 Å². The molecule has 1 aliphatic rings. The average molecular weight is 401 g/mol. The molecule has 5 nitrogen and oxygen atoms in total. The van der Waals surface area contributed by atoms with Crippen LogP contribution in [0.5, 0.6) is 0 Å². The van der Waals surface area contributed by atoms with Gasteiger partial charge in [-0.1, -0.05) is 29.4 Å². The molecule has 0 saturated carbocycles. The Bertz CT molecular complexity index is 909. The van der Waals surface area contributed by atoms with Gasteiger partial charge in [0.2, 0.25) is 0 Å². The number of halogens is 2. The second kappa shape index (κ2) is 8.59. The largest absolute Gasteiger partial charge is 0.390 e. The molecule has 0 spiro atoms. The summed E-state index contributed by atoms with van der Waals surface area (Å²) in [6.07, 6.45) is 0.0823. The Balaban J connectivity index is 1.70. The molecule has 0 aliphatic carbocycles. The average Bonchev–Trinajstić information content (AvgIpc) is 3.08. The molecule has 0 radical (unpaired) electrons. The first-order chi connectivity index (χ1) is 13.7. The predicted molar refractivity (Wildman–Crippen MR) is 108 cm³/mol. The van der Waals surface area contributed by atoms with E-state index < -0.39 is 5.54 Å². The van der Waals surface area contributed by atoms with Crippen LogP contribution in [0.4, 0.5) is 13.6 Å². The lowest BCUT2D eigenvalue weighted by atomic mass is 10.0. The molecular formula is C22H25F2N3O2. The minimum Gasteiger partial charge on any atom is -0.390 e. The van der Waals surface area contributed by atoms with Crippen molar-refractivity contribution in [1.29, 1.82) is 0 Å². The summed E-state index contributed by atoms with van der Waals surface area (Å²) in [6, 6.07) is 12.0. The number of amides is 2. The SMILES string of the molecule is CC(C)(C)NC(=O)N(Cc1cccc(F)c1)CC1CC(c2cccc(F)c2)=NO1. The zero-order valence-electron chi connectivity index (χ0n) is 16.8. The maximum Gasteiger partial charge on any atom is 0.318 e. The summed E-state index contributed by atoms with van der Waals surface area (Å²) in [5, 5.41) is 7.00. The number of nitrogens with one attached hydrogen (secondary N) is 1. The van der Waals surface area contributed by atoms with Crippen molar-refractivity contribution in [3.8, 4) is 0 Å².